The molecule has 0 saturated heterocycles. The first-order chi connectivity index (χ1) is 5.24. The summed E-state index contributed by atoms with van der Waals surface area (Å²) in [7, 11) is 0. The number of aromatic nitrogens is 1. The Kier molecular flexibility index (Phi) is 2.91. The van der Waals surface area contributed by atoms with Gasteiger partial charge in [0.15, 0.2) is 0 Å². The highest BCUT2D eigenvalue weighted by Crippen LogP contribution is 2.16. The van der Waals surface area contributed by atoms with Crippen molar-refractivity contribution in [2.75, 3.05) is 5.88 Å². The molecule has 0 aliphatic carbocycles. The number of halogens is 1. The monoisotopic (exact) mass is 175 g/mol. The van der Waals surface area contributed by atoms with Crippen LogP contribution in [0.25, 0.3) is 0 Å². The lowest BCUT2D eigenvalue weighted by atomic mass is 10.2. The molecule has 4 heteroatoms. The molecule has 0 amide bonds. The first kappa shape index (κ1) is 8.56. The smallest absolute Gasteiger partial charge is 0.134 e. The second kappa shape index (κ2) is 3.74. The van der Waals surface area contributed by atoms with Crippen LogP contribution in [-0.2, 0) is 0 Å². The van der Waals surface area contributed by atoms with Gasteiger partial charge in [-0.05, 0) is 13.3 Å². The van der Waals surface area contributed by atoms with E-state index in [1.54, 1.807) is 13.0 Å². The van der Waals surface area contributed by atoms with E-state index in [0.717, 1.165) is 0 Å². The molecule has 1 atom stereocenters. The molecule has 0 aromatic carbocycles. The average Bonchev–Trinajstić information content (AvgIpc) is 2.36. The maximum absolute atomic E-state index is 9.33. The van der Waals surface area contributed by atoms with Crippen molar-refractivity contribution in [3.63, 3.8) is 0 Å². The lowest BCUT2D eigenvalue weighted by Gasteiger charge is -2.01. The van der Waals surface area contributed by atoms with E-state index in [0.29, 0.717) is 23.8 Å². The maximum atomic E-state index is 9.33. The van der Waals surface area contributed by atoms with E-state index < -0.39 is 6.10 Å². The van der Waals surface area contributed by atoms with Crippen molar-refractivity contribution in [2.24, 2.45) is 0 Å². The van der Waals surface area contributed by atoms with Crippen molar-refractivity contribution in [1.29, 1.82) is 0 Å². The highest BCUT2D eigenvalue weighted by molar-refractivity contribution is 6.17. The van der Waals surface area contributed by atoms with Crippen LogP contribution in [-0.4, -0.2) is 16.1 Å². The van der Waals surface area contributed by atoms with Crippen LogP contribution in [0.5, 0.6) is 0 Å². The zero-order valence-electron chi connectivity index (χ0n) is 6.25. The van der Waals surface area contributed by atoms with Gasteiger partial charge in [-0.2, -0.15) is 0 Å². The second-order valence-electron chi connectivity index (χ2n) is 2.36. The van der Waals surface area contributed by atoms with Crippen LogP contribution >= 0.6 is 11.6 Å². The van der Waals surface area contributed by atoms with Crippen LogP contribution in [0.3, 0.4) is 0 Å². The minimum atomic E-state index is -0.593. The van der Waals surface area contributed by atoms with E-state index >= 15 is 0 Å². The minimum absolute atomic E-state index is 0.424. The number of rotatable bonds is 3. The Hall–Kier alpha value is -0.540. The van der Waals surface area contributed by atoms with E-state index in [2.05, 4.69) is 5.16 Å². The fourth-order valence-electron chi connectivity index (χ4n) is 0.794. The third-order valence-corrected chi connectivity index (χ3v) is 1.59. The van der Waals surface area contributed by atoms with Gasteiger partial charge in [-0.15, -0.1) is 11.6 Å². The first-order valence-electron chi connectivity index (χ1n) is 3.41. The molecule has 0 aliphatic heterocycles. The first-order valence-corrected chi connectivity index (χ1v) is 3.94. The van der Waals surface area contributed by atoms with E-state index in [-0.39, 0.29) is 0 Å². The molecule has 1 N–H and O–H groups in total. The zero-order valence-corrected chi connectivity index (χ0v) is 7.01. The molecule has 1 unspecified atom stereocenters. The summed E-state index contributed by atoms with van der Waals surface area (Å²) in [4.78, 5) is 0. The molecule has 0 saturated carbocycles. The summed E-state index contributed by atoms with van der Waals surface area (Å²) in [5.74, 6) is 1.13. The van der Waals surface area contributed by atoms with E-state index in [1.807, 2.05) is 0 Å². The van der Waals surface area contributed by atoms with E-state index in [9.17, 15) is 5.11 Å². The number of nitrogens with zero attached hydrogens (tertiary/aromatic N) is 1. The van der Waals surface area contributed by atoms with Crippen molar-refractivity contribution in [2.45, 2.75) is 19.4 Å². The fraction of sp³-hybridized carbons (Fsp3) is 0.571. The standard InChI is InChI=1S/C7H10ClNO2/c1-5-4-6(9-11-5)7(10)2-3-8/h4,7,10H,2-3H2,1H3. The van der Waals surface area contributed by atoms with E-state index in [4.69, 9.17) is 16.1 Å². The Morgan fingerprint density at radius 3 is 3.00 bits per heavy atom. The SMILES string of the molecule is Cc1cc(C(O)CCCl)no1. The van der Waals surface area contributed by atoms with Gasteiger partial charge in [-0.1, -0.05) is 5.16 Å². The van der Waals surface area contributed by atoms with Crippen LogP contribution in [0.1, 0.15) is 24.0 Å². The van der Waals surface area contributed by atoms with Crippen LogP contribution < -0.4 is 0 Å². The molecule has 0 radical (unpaired) electrons. The number of hydrogen-bond donors (Lipinski definition) is 1. The minimum Gasteiger partial charge on any atom is -0.387 e. The Morgan fingerprint density at radius 2 is 2.55 bits per heavy atom. The average molecular weight is 176 g/mol. The maximum Gasteiger partial charge on any atom is 0.134 e. The summed E-state index contributed by atoms with van der Waals surface area (Å²) >= 11 is 5.43. The van der Waals surface area contributed by atoms with Crippen LogP contribution in [0.4, 0.5) is 0 Å². The quantitative estimate of drug-likeness (QED) is 0.711. The van der Waals surface area contributed by atoms with Gasteiger partial charge in [-0.25, -0.2) is 0 Å². The Bertz CT molecular complexity index is 224. The Labute approximate surface area is 70.0 Å². The van der Waals surface area contributed by atoms with Gasteiger partial charge in [-0.3, -0.25) is 0 Å². The van der Waals surface area contributed by atoms with Gasteiger partial charge in [0, 0.05) is 11.9 Å². The topological polar surface area (TPSA) is 46.3 Å². The number of aliphatic hydroxyl groups excluding tert-OH is 1. The predicted octanol–water partition coefficient (Wildman–Crippen LogP) is 1.65. The predicted molar refractivity (Wildman–Crippen MR) is 41.5 cm³/mol. The summed E-state index contributed by atoms with van der Waals surface area (Å²) in [5, 5.41) is 13.0. The normalized spacial score (nSPS) is 13.4. The fourth-order valence-corrected chi connectivity index (χ4v) is 1.00. The highest BCUT2D eigenvalue weighted by atomic mass is 35.5. The van der Waals surface area contributed by atoms with Crippen molar-refractivity contribution in [3.8, 4) is 0 Å². The molecule has 0 spiro atoms. The van der Waals surface area contributed by atoms with Crippen molar-refractivity contribution in [1.82, 2.24) is 5.16 Å². The Balaban J connectivity index is 2.60. The summed E-state index contributed by atoms with van der Waals surface area (Å²) in [5.41, 5.74) is 0.558. The second-order valence-corrected chi connectivity index (χ2v) is 2.73. The molecule has 1 heterocycles. The third kappa shape index (κ3) is 2.20. The van der Waals surface area contributed by atoms with E-state index in [1.165, 1.54) is 0 Å². The van der Waals surface area contributed by atoms with Crippen molar-refractivity contribution < 1.29 is 9.63 Å². The molecule has 1 aromatic rings. The molecule has 0 fully saturated rings. The van der Waals surface area contributed by atoms with Crippen LogP contribution in [0.15, 0.2) is 10.6 Å². The summed E-state index contributed by atoms with van der Waals surface area (Å²) < 4.78 is 4.78. The van der Waals surface area contributed by atoms with Crippen LogP contribution in [0, 0.1) is 6.92 Å². The molecule has 1 aromatic heterocycles. The molecule has 62 valence electrons. The summed E-state index contributed by atoms with van der Waals surface area (Å²) in [6.07, 6.45) is -0.0852. The van der Waals surface area contributed by atoms with Gasteiger partial charge in [0.1, 0.15) is 17.6 Å². The molecule has 0 bridgehead atoms. The molecular weight excluding hydrogens is 166 g/mol. The van der Waals surface area contributed by atoms with Crippen LogP contribution in [0.2, 0.25) is 0 Å². The van der Waals surface area contributed by atoms with Gasteiger partial charge in [0.2, 0.25) is 0 Å². The molecule has 1 rings (SSSR count). The molecule has 0 aliphatic rings. The molecule has 3 nitrogen and oxygen atoms in total. The van der Waals surface area contributed by atoms with Crippen molar-refractivity contribution in [3.05, 3.63) is 17.5 Å². The van der Waals surface area contributed by atoms with Gasteiger partial charge < -0.3 is 9.63 Å². The largest absolute Gasteiger partial charge is 0.387 e. The van der Waals surface area contributed by atoms with Gasteiger partial charge >= 0.3 is 0 Å². The van der Waals surface area contributed by atoms with Crippen molar-refractivity contribution >= 4 is 11.6 Å². The summed E-state index contributed by atoms with van der Waals surface area (Å²) in [6.45, 7) is 1.78. The number of alkyl halides is 1. The molecular formula is C7H10ClNO2. The lowest BCUT2D eigenvalue weighted by molar-refractivity contribution is 0.164. The van der Waals surface area contributed by atoms with Gasteiger partial charge in [0.05, 0.1) is 0 Å². The lowest BCUT2D eigenvalue weighted by Crippen LogP contribution is -1.97. The number of aryl methyl sites for hydroxylation is 1. The molecule has 11 heavy (non-hydrogen) atoms. The van der Waals surface area contributed by atoms with Gasteiger partial charge in [0.25, 0.3) is 0 Å². The number of aliphatic hydroxyl groups is 1. The highest BCUT2D eigenvalue weighted by Gasteiger charge is 2.10. The number of hydrogen-bond acceptors (Lipinski definition) is 3. The summed E-state index contributed by atoms with van der Waals surface area (Å²) in [6, 6.07) is 1.71. The third-order valence-electron chi connectivity index (χ3n) is 1.37. The zero-order chi connectivity index (χ0) is 8.27. The Morgan fingerprint density at radius 1 is 1.82 bits per heavy atom.